The van der Waals surface area contributed by atoms with Crippen molar-refractivity contribution in [3.63, 3.8) is 0 Å². The lowest BCUT2D eigenvalue weighted by molar-refractivity contribution is -0.130. The van der Waals surface area contributed by atoms with Crippen LogP contribution in [0.4, 0.5) is 14.9 Å². The maximum Gasteiger partial charge on any atom is 0.410 e. The van der Waals surface area contributed by atoms with Crippen molar-refractivity contribution < 1.29 is 18.7 Å². The van der Waals surface area contributed by atoms with Gasteiger partial charge in [-0.1, -0.05) is 0 Å². The van der Waals surface area contributed by atoms with E-state index < -0.39 is 5.60 Å². The highest BCUT2D eigenvalue weighted by Crippen LogP contribution is 2.41. The average Bonchev–Trinajstić information content (AvgIpc) is 3.07. The van der Waals surface area contributed by atoms with E-state index in [1.165, 1.54) is 12.1 Å². The van der Waals surface area contributed by atoms with Crippen molar-refractivity contribution in [3.05, 3.63) is 30.1 Å². The van der Waals surface area contributed by atoms with Gasteiger partial charge in [0, 0.05) is 57.0 Å². The molecular formula is C26H39FN4O3. The summed E-state index contributed by atoms with van der Waals surface area (Å²) in [5.74, 6) is -0.0575. The summed E-state index contributed by atoms with van der Waals surface area (Å²) in [7, 11) is 0. The van der Waals surface area contributed by atoms with Crippen LogP contribution in [-0.4, -0.2) is 78.8 Å². The second-order valence-corrected chi connectivity index (χ2v) is 11.2. The third-order valence-electron chi connectivity index (χ3n) is 7.55. The molecule has 4 rings (SSSR count). The molecule has 7 nitrogen and oxygen atoms in total. The van der Waals surface area contributed by atoms with E-state index in [0.717, 1.165) is 44.7 Å². The van der Waals surface area contributed by atoms with Crippen LogP contribution in [0.3, 0.4) is 0 Å². The van der Waals surface area contributed by atoms with E-state index in [1.807, 2.05) is 32.9 Å². The van der Waals surface area contributed by atoms with E-state index in [2.05, 4.69) is 22.0 Å². The number of halogens is 1. The number of rotatable bonds is 4. The van der Waals surface area contributed by atoms with Crippen molar-refractivity contribution in [2.24, 2.45) is 5.41 Å². The van der Waals surface area contributed by atoms with Crippen LogP contribution in [0.15, 0.2) is 24.3 Å². The minimum Gasteiger partial charge on any atom is -0.444 e. The summed E-state index contributed by atoms with van der Waals surface area (Å²) in [4.78, 5) is 31.8. The predicted octanol–water partition coefficient (Wildman–Crippen LogP) is 3.63. The zero-order chi connectivity index (χ0) is 24.5. The Morgan fingerprint density at radius 2 is 1.82 bits per heavy atom. The molecule has 0 aliphatic carbocycles. The molecule has 3 fully saturated rings. The molecule has 2 amide bonds. The number of ether oxygens (including phenoxy) is 1. The monoisotopic (exact) mass is 474 g/mol. The van der Waals surface area contributed by atoms with Crippen molar-refractivity contribution in [2.45, 2.75) is 71.1 Å². The van der Waals surface area contributed by atoms with E-state index in [-0.39, 0.29) is 29.3 Å². The number of carbonyl (C=O) groups excluding carboxylic acids is 2. The van der Waals surface area contributed by atoms with E-state index in [9.17, 15) is 14.0 Å². The fraction of sp³-hybridized carbons (Fsp3) is 0.692. The first-order chi connectivity index (χ1) is 16.0. The Balaban J connectivity index is 1.24. The number of hydrogen-bond donors (Lipinski definition) is 1. The summed E-state index contributed by atoms with van der Waals surface area (Å²) in [5.41, 5.74) is 0.204. The van der Waals surface area contributed by atoms with Gasteiger partial charge in [-0.2, -0.15) is 0 Å². The quantitative estimate of drug-likeness (QED) is 0.722. The van der Waals surface area contributed by atoms with Gasteiger partial charge >= 0.3 is 6.09 Å². The SMILES string of the molecule is C[C@H]1CN(c2ccc(F)cc2)CCN1CC[C@H]1CC2(CCN(C(=O)OC(C)(C)C)CC2)C(=O)N1. The van der Waals surface area contributed by atoms with Crippen LogP contribution in [0.5, 0.6) is 0 Å². The summed E-state index contributed by atoms with van der Waals surface area (Å²) < 4.78 is 18.7. The molecule has 188 valence electrons. The van der Waals surface area contributed by atoms with Crippen molar-refractivity contribution in [2.75, 3.05) is 44.2 Å². The van der Waals surface area contributed by atoms with E-state index in [0.29, 0.717) is 32.0 Å². The molecule has 1 aromatic rings. The molecule has 0 saturated carbocycles. The van der Waals surface area contributed by atoms with Gasteiger partial charge in [0.15, 0.2) is 0 Å². The Hall–Kier alpha value is -2.35. The first-order valence-corrected chi connectivity index (χ1v) is 12.6. The maximum atomic E-state index is 13.2. The van der Waals surface area contributed by atoms with Crippen LogP contribution >= 0.6 is 0 Å². The van der Waals surface area contributed by atoms with E-state index >= 15 is 0 Å². The van der Waals surface area contributed by atoms with Crippen LogP contribution in [0.2, 0.25) is 0 Å². The number of nitrogens with zero attached hydrogens (tertiary/aromatic N) is 3. The van der Waals surface area contributed by atoms with E-state index in [1.54, 1.807) is 4.90 Å². The van der Waals surface area contributed by atoms with Gasteiger partial charge in [0.25, 0.3) is 0 Å². The summed E-state index contributed by atoms with van der Waals surface area (Å²) in [6.45, 7) is 12.7. The number of amides is 2. The van der Waals surface area contributed by atoms with Gasteiger partial charge in [0.1, 0.15) is 11.4 Å². The zero-order valence-electron chi connectivity index (χ0n) is 21.0. The minimum atomic E-state index is -0.510. The van der Waals surface area contributed by atoms with Gasteiger partial charge in [-0.25, -0.2) is 9.18 Å². The Bertz CT molecular complexity index is 877. The van der Waals surface area contributed by atoms with Crippen molar-refractivity contribution in [3.8, 4) is 0 Å². The molecule has 1 spiro atoms. The molecule has 3 heterocycles. The number of benzene rings is 1. The highest BCUT2D eigenvalue weighted by Gasteiger charge is 2.49. The van der Waals surface area contributed by atoms with Crippen LogP contribution in [0, 0.1) is 11.2 Å². The normalized spacial score (nSPS) is 25.5. The lowest BCUT2D eigenvalue weighted by atomic mass is 9.76. The summed E-state index contributed by atoms with van der Waals surface area (Å²) >= 11 is 0. The third-order valence-corrected chi connectivity index (χ3v) is 7.55. The highest BCUT2D eigenvalue weighted by atomic mass is 19.1. The van der Waals surface area contributed by atoms with Gasteiger partial charge in [-0.05, 0) is 77.6 Å². The average molecular weight is 475 g/mol. The molecular weight excluding hydrogens is 435 g/mol. The fourth-order valence-corrected chi connectivity index (χ4v) is 5.54. The van der Waals surface area contributed by atoms with Crippen LogP contribution in [0.1, 0.15) is 53.4 Å². The number of likely N-dealkylation sites (tertiary alicyclic amines) is 1. The fourth-order valence-electron chi connectivity index (χ4n) is 5.54. The second-order valence-electron chi connectivity index (χ2n) is 11.2. The molecule has 3 aliphatic rings. The van der Waals surface area contributed by atoms with Gasteiger partial charge in [0.2, 0.25) is 5.91 Å². The molecule has 2 atom stereocenters. The van der Waals surface area contributed by atoms with E-state index in [4.69, 9.17) is 4.74 Å². The summed E-state index contributed by atoms with van der Waals surface area (Å²) in [5, 5.41) is 3.24. The maximum absolute atomic E-state index is 13.2. The predicted molar refractivity (Wildman–Crippen MR) is 130 cm³/mol. The third kappa shape index (κ3) is 5.65. The van der Waals surface area contributed by atoms with Crippen molar-refractivity contribution in [1.82, 2.24) is 15.1 Å². The molecule has 0 unspecified atom stereocenters. The molecule has 3 aliphatic heterocycles. The molecule has 3 saturated heterocycles. The van der Waals surface area contributed by atoms with Gasteiger partial charge < -0.3 is 19.9 Å². The smallest absolute Gasteiger partial charge is 0.410 e. The molecule has 34 heavy (non-hydrogen) atoms. The van der Waals surface area contributed by atoms with Crippen molar-refractivity contribution in [1.29, 1.82) is 0 Å². The minimum absolute atomic E-state index is 0.149. The Kier molecular flexibility index (Phi) is 7.08. The molecule has 0 radical (unpaired) electrons. The first-order valence-electron chi connectivity index (χ1n) is 12.6. The van der Waals surface area contributed by atoms with Crippen LogP contribution in [0.25, 0.3) is 0 Å². The van der Waals surface area contributed by atoms with Crippen molar-refractivity contribution >= 4 is 17.7 Å². The number of nitrogens with one attached hydrogen (secondary N) is 1. The van der Waals surface area contributed by atoms with Crippen LogP contribution in [-0.2, 0) is 9.53 Å². The Morgan fingerprint density at radius 1 is 1.15 bits per heavy atom. The number of carbonyl (C=O) groups is 2. The topological polar surface area (TPSA) is 65.1 Å². The van der Waals surface area contributed by atoms with Gasteiger partial charge in [-0.3, -0.25) is 9.69 Å². The first kappa shape index (κ1) is 24.8. The molecule has 0 bridgehead atoms. The summed E-state index contributed by atoms with van der Waals surface area (Å²) in [6.07, 6.45) is 2.89. The lowest BCUT2D eigenvalue weighted by Crippen LogP contribution is -2.52. The van der Waals surface area contributed by atoms with Crippen LogP contribution < -0.4 is 10.2 Å². The number of piperidine rings is 1. The van der Waals surface area contributed by atoms with Gasteiger partial charge in [0.05, 0.1) is 5.41 Å². The number of anilines is 1. The van der Waals surface area contributed by atoms with Gasteiger partial charge in [-0.15, -0.1) is 0 Å². The standard InChI is InChI=1S/C26H39FN4O3/c1-19-18-31(22-7-5-20(27)6-8-22)16-15-29(19)12-9-21-17-26(23(32)28-21)10-13-30(14-11-26)24(33)34-25(2,3)4/h5-8,19,21H,9-18H2,1-4H3,(H,28,32)/t19-,21-/m0/s1. The molecule has 0 aromatic heterocycles. The highest BCUT2D eigenvalue weighted by molar-refractivity contribution is 5.85. The molecule has 1 aromatic carbocycles. The number of piperazine rings is 1. The largest absolute Gasteiger partial charge is 0.444 e. The second kappa shape index (κ2) is 9.72. The Morgan fingerprint density at radius 3 is 2.44 bits per heavy atom. The molecule has 8 heteroatoms. The Labute approximate surface area is 202 Å². The lowest BCUT2D eigenvalue weighted by Gasteiger charge is -2.41. The molecule has 1 N–H and O–H groups in total. The number of hydrogen-bond acceptors (Lipinski definition) is 5. The summed E-state index contributed by atoms with van der Waals surface area (Å²) in [6, 6.07) is 7.30. The zero-order valence-corrected chi connectivity index (χ0v) is 21.0.